The van der Waals surface area contributed by atoms with Crippen LogP contribution in [-0.4, -0.2) is 85.5 Å². The zero-order chi connectivity index (χ0) is 13.1. The van der Waals surface area contributed by atoms with Crippen LogP contribution in [0.2, 0.25) is 0 Å². The van der Waals surface area contributed by atoms with E-state index in [0.29, 0.717) is 39.4 Å². The highest BCUT2D eigenvalue weighted by atomic mass is 16.5. The molecule has 18 heavy (non-hydrogen) atoms. The summed E-state index contributed by atoms with van der Waals surface area (Å²) in [6.07, 6.45) is 0. The van der Waals surface area contributed by atoms with E-state index < -0.39 is 0 Å². The van der Waals surface area contributed by atoms with Crippen molar-refractivity contribution in [2.24, 2.45) is 0 Å². The van der Waals surface area contributed by atoms with Crippen molar-refractivity contribution in [1.29, 1.82) is 0 Å². The van der Waals surface area contributed by atoms with Gasteiger partial charge in [-0.25, -0.2) is 0 Å². The molecule has 0 aromatic carbocycles. The number of carbonyl (C=O) groups is 2. The lowest BCUT2D eigenvalue weighted by Gasteiger charge is -2.40. The molecular weight excluding hydrogens is 234 g/mol. The Labute approximate surface area is 107 Å². The summed E-state index contributed by atoms with van der Waals surface area (Å²) in [6, 6.07) is -0.208. The van der Waals surface area contributed by atoms with Gasteiger partial charge in [-0.05, 0) is 7.05 Å². The maximum atomic E-state index is 12.4. The van der Waals surface area contributed by atoms with Gasteiger partial charge >= 0.3 is 0 Å². The summed E-state index contributed by atoms with van der Waals surface area (Å²) in [7, 11) is 1.94. The maximum absolute atomic E-state index is 12.4. The van der Waals surface area contributed by atoms with Crippen molar-refractivity contribution in [2.45, 2.75) is 13.0 Å². The van der Waals surface area contributed by atoms with Crippen molar-refractivity contribution in [3.8, 4) is 0 Å². The third-order valence-corrected chi connectivity index (χ3v) is 3.70. The van der Waals surface area contributed by atoms with Crippen LogP contribution in [-0.2, 0) is 14.3 Å². The first-order valence-corrected chi connectivity index (χ1v) is 6.42. The van der Waals surface area contributed by atoms with E-state index in [1.54, 1.807) is 11.8 Å². The minimum Gasteiger partial charge on any atom is -0.378 e. The van der Waals surface area contributed by atoms with Gasteiger partial charge in [-0.2, -0.15) is 0 Å². The van der Waals surface area contributed by atoms with E-state index in [9.17, 15) is 9.59 Å². The number of likely N-dealkylation sites (N-methyl/N-ethyl adjacent to an activating group) is 1. The Morgan fingerprint density at radius 3 is 2.33 bits per heavy atom. The molecule has 0 bridgehead atoms. The molecule has 1 atom stereocenters. The number of piperazine rings is 1. The summed E-state index contributed by atoms with van der Waals surface area (Å²) in [6.45, 7) is 6.05. The molecule has 0 radical (unpaired) electrons. The fourth-order valence-electron chi connectivity index (χ4n) is 2.42. The number of morpholine rings is 1. The molecule has 0 aliphatic carbocycles. The highest BCUT2D eigenvalue weighted by Crippen LogP contribution is 2.12. The van der Waals surface area contributed by atoms with Gasteiger partial charge in [0.15, 0.2) is 0 Å². The Bertz CT molecular complexity index is 329. The number of nitrogens with zero attached hydrogens (tertiary/aromatic N) is 3. The van der Waals surface area contributed by atoms with E-state index >= 15 is 0 Å². The Morgan fingerprint density at radius 2 is 1.72 bits per heavy atom. The monoisotopic (exact) mass is 255 g/mol. The number of rotatable bonds is 1. The van der Waals surface area contributed by atoms with Gasteiger partial charge in [0.2, 0.25) is 11.8 Å². The number of carbonyl (C=O) groups excluding carboxylic acids is 2. The lowest BCUT2D eigenvalue weighted by Crippen LogP contribution is -2.60. The average molecular weight is 255 g/mol. The molecule has 6 nitrogen and oxygen atoms in total. The Morgan fingerprint density at radius 1 is 1.06 bits per heavy atom. The molecular formula is C12H21N3O3. The van der Waals surface area contributed by atoms with Gasteiger partial charge < -0.3 is 14.5 Å². The van der Waals surface area contributed by atoms with E-state index in [0.717, 1.165) is 6.54 Å². The topological polar surface area (TPSA) is 53.1 Å². The van der Waals surface area contributed by atoms with E-state index in [2.05, 4.69) is 0 Å². The average Bonchev–Trinajstić information content (AvgIpc) is 2.39. The third-order valence-electron chi connectivity index (χ3n) is 3.70. The molecule has 102 valence electrons. The van der Waals surface area contributed by atoms with E-state index in [1.807, 2.05) is 16.8 Å². The molecule has 0 saturated carbocycles. The van der Waals surface area contributed by atoms with E-state index in [1.165, 1.54) is 0 Å². The summed E-state index contributed by atoms with van der Waals surface area (Å²) in [5.41, 5.74) is 0. The minimum atomic E-state index is -0.208. The Kier molecular flexibility index (Phi) is 4.19. The van der Waals surface area contributed by atoms with Crippen LogP contribution < -0.4 is 0 Å². The molecule has 2 rings (SSSR count). The van der Waals surface area contributed by atoms with Crippen LogP contribution in [0.5, 0.6) is 0 Å². The largest absolute Gasteiger partial charge is 0.378 e. The lowest BCUT2D eigenvalue weighted by atomic mass is 10.1. The third kappa shape index (κ3) is 2.81. The van der Waals surface area contributed by atoms with Crippen molar-refractivity contribution >= 4 is 11.8 Å². The van der Waals surface area contributed by atoms with Gasteiger partial charge in [-0.3, -0.25) is 14.5 Å². The summed E-state index contributed by atoms with van der Waals surface area (Å²) >= 11 is 0. The lowest BCUT2D eigenvalue weighted by molar-refractivity contribution is -0.145. The Balaban J connectivity index is 2.00. The van der Waals surface area contributed by atoms with Gasteiger partial charge in [0, 0.05) is 39.6 Å². The molecule has 2 saturated heterocycles. The second-order valence-corrected chi connectivity index (χ2v) is 4.90. The quantitative estimate of drug-likeness (QED) is 0.603. The van der Waals surface area contributed by atoms with E-state index in [4.69, 9.17) is 4.74 Å². The van der Waals surface area contributed by atoms with Gasteiger partial charge in [0.25, 0.3) is 0 Å². The van der Waals surface area contributed by atoms with Crippen LogP contribution in [0.1, 0.15) is 6.92 Å². The highest BCUT2D eigenvalue weighted by molar-refractivity contribution is 5.83. The number of hydrogen-bond donors (Lipinski definition) is 0. The zero-order valence-electron chi connectivity index (χ0n) is 11.1. The molecule has 0 spiro atoms. The number of amides is 2. The first kappa shape index (κ1) is 13.3. The predicted molar refractivity (Wildman–Crippen MR) is 66.1 cm³/mol. The second kappa shape index (κ2) is 5.67. The molecule has 2 amide bonds. The van der Waals surface area contributed by atoms with Crippen molar-refractivity contribution in [3.63, 3.8) is 0 Å². The molecule has 2 heterocycles. The first-order valence-electron chi connectivity index (χ1n) is 6.42. The fourth-order valence-corrected chi connectivity index (χ4v) is 2.42. The van der Waals surface area contributed by atoms with Crippen molar-refractivity contribution in [3.05, 3.63) is 0 Å². The molecule has 2 fully saturated rings. The van der Waals surface area contributed by atoms with Crippen LogP contribution >= 0.6 is 0 Å². The van der Waals surface area contributed by atoms with Crippen LogP contribution in [0.15, 0.2) is 0 Å². The van der Waals surface area contributed by atoms with Gasteiger partial charge in [-0.1, -0.05) is 0 Å². The SMILES string of the molecule is CC(=O)N1CCN(C)[C@@H](C(=O)N2CCOCC2)C1. The van der Waals surface area contributed by atoms with Gasteiger partial charge in [-0.15, -0.1) is 0 Å². The maximum Gasteiger partial charge on any atom is 0.241 e. The van der Waals surface area contributed by atoms with Crippen LogP contribution in [0, 0.1) is 0 Å². The summed E-state index contributed by atoms with van der Waals surface area (Å²) < 4.78 is 5.25. The Hall–Kier alpha value is -1.14. The van der Waals surface area contributed by atoms with Crippen molar-refractivity contribution < 1.29 is 14.3 Å². The van der Waals surface area contributed by atoms with Crippen molar-refractivity contribution in [2.75, 3.05) is 53.0 Å². The second-order valence-electron chi connectivity index (χ2n) is 4.90. The molecule has 2 aliphatic heterocycles. The fraction of sp³-hybridized carbons (Fsp3) is 0.833. The van der Waals surface area contributed by atoms with Crippen LogP contribution in [0.25, 0.3) is 0 Å². The summed E-state index contributed by atoms with van der Waals surface area (Å²) in [4.78, 5) is 29.5. The molecule has 0 aromatic rings. The smallest absolute Gasteiger partial charge is 0.241 e. The standard InChI is InChI=1S/C12H21N3O3/c1-10(16)15-4-3-13(2)11(9-15)12(17)14-5-7-18-8-6-14/h11H,3-9H2,1-2H3/t11-/m1/s1. The normalized spacial score (nSPS) is 26.2. The van der Waals surface area contributed by atoms with Crippen molar-refractivity contribution in [1.82, 2.24) is 14.7 Å². The molecule has 2 aliphatic rings. The zero-order valence-corrected chi connectivity index (χ0v) is 11.1. The van der Waals surface area contributed by atoms with Crippen LogP contribution in [0.4, 0.5) is 0 Å². The van der Waals surface area contributed by atoms with Gasteiger partial charge in [0.1, 0.15) is 6.04 Å². The molecule has 0 unspecified atom stereocenters. The van der Waals surface area contributed by atoms with E-state index in [-0.39, 0.29) is 17.9 Å². The molecule has 0 N–H and O–H groups in total. The first-order chi connectivity index (χ1) is 8.59. The summed E-state index contributed by atoms with van der Waals surface area (Å²) in [5.74, 6) is 0.162. The van der Waals surface area contributed by atoms with Crippen LogP contribution in [0.3, 0.4) is 0 Å². The molecule has 0 aromatic heterocycles. The number of ether oxygens (including phenoxy) is 1. The molecule has 6 heteroatoms. The number of hydrogen-bond acceptors (Lipinski definition) is 4. The summed E-state index contributed by atoms with van der Waals surface area (Å²) in [5, 5.41) is 0. The minimum absolute atomic E-state index is 0.0443. The predicted octanol–water partition coefficient (Wildman–Crippen LogP) is -0.992. The highest BCUT2D eigenvalue weighted by Gasteiger charge is 2.34. The van der Waals surface area contributed by atoms with Gasteiger partial charge in [0.05, 0.1) is 13.2 Å².